The zero-order valence-electron chi connectivity index (χ0n) is 21.3. The van der Waals surface area contributed by atoms with Crippen LogP contribution < -0.4 is 9.47 Å². The molecule has 0 amide bonds. The second-order valence-corrected chi connectivity index (χ2v) is 9.34. The molecule has 4 heterocycles. The van der Waals surface area contributed by atoms with Crippen molar-refractivity contribution in [2.75, 3.05) is 7.11 Å². The highest BCUT2D eigenvalue weighted by Gasteiger charge is 2.35. The number of benzene rings is 1. The zero-order chi connectivity index (χ0) is 27.3. The molecule has 6 rings (SSSR count). The molecule has 0 spiro atoms. The Hall–Kier alpha value is -4.55. The fraction of sp³-hybridized carbons (Fsp3) is 0.308. The quantitative estimate of drug-likeness (QED) is 0.295. The molecule has 5 aromatic rings. The van der Waals surface area contributed by atoms with Gasteiger partial charge in [-0.05, 0) is 18.4 Å². The summed E-state index contributed by atoms with van der Waals surface area (Å²) in [5.41, 5.74) is 2.94. The topological polar surface area (TPSA) is 106 Å². The summed E-state index contributed by atoms with van der Waals surface area (Å²) in [5.74, 6) is 1.59. The Morgan fingerprint density at radius 2 is 1.72 bits per heavy atom. The third-order valence-electron chi connectivity index (χ3n) is 6.52. The number of aromatic nitrogens is 8. The van der Waals surface area contributed by atoms with Crippen LogP contribution in [0.1, 0.15) is 35.7 Å². The van der Waals surface area contributed by atoms with Gasteiger partial charge in [0.25, 0.3) is 0 Å². The Labute approximate surface area is 220 Å². The third-order valence-corrected chi connectivity index (χ3v) is 6.52. The van der Waals surface area contributed by atoms with Gasteiger partial charge in [0.2, 0.25) is 11.8 Å². The number of ether oxygens (including phenoxy) is 2. The molecular formula is C26H23F3N8O2. The Morgan fingerprint density at radius 1 is 0.949 bits per heavy atom. The summed E-state index contributed by atoms with van der Waals surface area (Å²) in [4.78, 5) is 26.3. The average Bonchev–Trinajstić information content (AvgIpc) is 3.59. The zero-order valence-corrected chi connectivity index (χ0v) is 21.3. The minimum atomic E-state index is -4.51. The van der Waals surface area contributed by atoms with E-state index in [9.17, 15) is 13.2 Å². The number of aryl methyl sites for hydroxylation is 2. The van der Waals surface area contributed by atoms with Crippen molar-refractivity contribution in [3.05, 3.63) is 60.1 Å². The van der Waals surface area contributed by atoms with E-state index >= 15 is 0 Å². The molecule has 0 atom stereocenters. The lowest BCUT2D eigenvalue weighted by Crippen LogP contribution is -2.06. The van der Waals surface area contributed by atoms with E-state index in [0.717, 1.165) is 30.3 Å². The van der Waals surface area contributed by atoms with E-state index in [1.807, 2.05) is 7.05 Å². The van der Waals surface area contributed by atoms with Crippen molar-refractivity contribution in [2.45, 2.75) is 31.5 Å². The summed E-state index contributed by atoms with van der Waals surface area (Å²) < 4.78 is 54.0. The predicted octanol–water partition coefficient (Wildman–Crippen LogP) is 4.70. The highest BCUT2D eigenvalue weighted by molar-refractivity contribution is 5.80. The SMILES string of the molecule is COc1ncnc(C2CC2)c1-c1nc(OCc2ccc(-c3nc(C(F)(F)F)cn3C)cc2)c2c(ncn2C)n1. The van der Waals surface area contributed by atoms with Crippen LogP contribution in [-0.4, -0.2) is 46.1 Å². The predicted molar refractivity (Wildman–Crippen MR) is 134 cm³/mol. The van der Waals surface area contributed by atoms with Gasteiger partial charge in [0.05, 0.1) is 19.1 Å². The fourth-order valence-electron chi connectivity index (χ4n) is 4.42. The van der Waals surface area contributed by atoms with E-state index in [0.29, 0.717) is 45.8 Å². The van der Waals surface area contributed by atoms with Gasteiger partial charge in [0, 0.05) is 31.8 Å². The molecule has 1 aromatic carbocycles. The number of imidazole rings is 2. The summed E-state index contributed by atoms with van der Waals surface area (Å²) >= 11 is 0. The van der Waals surface area contributed by atoms with Gasteiger partial charge in [-0.3, -0.25) is 0 Å². The first kappa shape index (κ1) is 24.8. The van der Waals surface area contributed by atoms with Gasteiger partial charge in [0.1, 0.15) is 24.3 Å². The molecule has 0 unspecified atom stereocenters. The van der Waals surface area contributed by atoms with Crippen LogP contribution in [0.25, 0.3) is 33.9 Å². The van der Waals surface area contributed by atoms with Crippen molar-refractivity contribution in [3.8, 4) is 34.5 Å². The first-order chi connectivity index (χ1) is 18.7. The van der Waals surface area contributed by atoms with Crippen LogP contribution in [0.15, 0.2) is 43.1 Å². The molecular weight excluding hydrogens is 513 g/mol. The lowest BCUT2D eigenvalue weighted by atomic mass is 10.1. The molecule has 200 valence electrons. The molecule has 1 aliphatic rings. The van der Waals surface area contributed by atoms with Gasteiger partial charge in [-0.2, -0.15) is 18.2 Å². The average molecular weight is 537 g/mol. The minimum absolute atomic E-state index is 0.156. The van der Waals surface area contributed by atoms with Crippen LogP contribution in [0, 0.1) is 0 Å². The van der Waals surface area contributed by atoms with Gasteiger partial charge in [0.15, 0.2) is 22.7 Å². The molecule has 4 aromatic heterocycles. The molecule has 0 N–H and O–H groups in total. The Morgan fingerprint density at radius 3 is 2.38 bits per heavy atom. The maximum atomic E-state index is 13.1. The first-order valence-electron chi connectivity index (χ1n) is 12.1. The highest BCUT2D eigenvalue weighted by atomic mass is 19.4. The number of hydrogen-bond acceptors (Lipinski definition) is 8. The van der Waals surface area contributed by atoms with Gasteiger partial charge >= 0.3 is 6.18 Å². The molecule has 39 heavy (non-hydrogen) atoms. The van der Waals surface area contributed by atoms with Crippen LogP contribution in [-0.2, 0) is 26.9 Å². The monoisotopic (exact) mass is 536 g/mol. The Kier molecular flexibility index (Phi) is 5.92. The molecule has 1 aliphatic carbocycles. The molecule has 0 saturated heterocycles. The van der Waals surface area contributed by atoms with E-state index in [-0.39, 0.29) is 12.4 Å². The standard InChI is InChI=1S/C26H23F3N8O2/c1-36-10-17(26(27,28)29)33-23(36)16-6-4-14(5-7-16)11-39-25-20-22(32-13-37(20)2)34-21(35-25)18-19(15-8-9-15)30-12-31-24(18)38-3/h4-7,10,12-13,15H,8-9,11H2,1-3H3. The second kappa shape index (κ2) is 9.33. The summed E-state index contributed by atoms with van der Waals surface area (Å²) in [6.45, 7) is 0.156. The summed E-state index contributed by atoms with van der Waals surface area (Å²) in [6, 6.07) is 6.97. The van der Waals surface area contributed by atoms with E-state index in [4.69, 9.17) is 14.5 Å². The number of nitrogens with zero attached hydrogens (tertiary/aromatic N) is 8. The van der Waals surface area contributed by atoms with E-state index in [2.05, 4.69) is 24.9 Å². The van der Waals surface area contributed by atoms with Gasteiger partial charge < -0.3 is 18.6 Å². The second-order valence-electron chi connectivity index (χ2n) is 9.34. The van der Waals surface area contributed by atoms with E-state index in [1.165, 1.54) is 25.1 Å². The molecule has 0 aliphatic heterocycles. The van der Waals surface area contributed by atoms with Gasteiger partial charge in [-0.1, -0.05) is 24.3 Å². The number of rotatable bonds is 7. The normalized spacial score (nSPS) is 13.7. The summed E-state index contributed by atoms with van der Waals surface area (Å²) in [7, 11) is 4.89. The van der Waals surface area contributed by atoms with Crippen molar-refractivity contribution in [3.63, 3.8) is 0 Å². The molecule has 0 bridgehead atoms. The van der Waals surface area contributed by atoms with Crippen molar-refractivity contribution in [1.29, 1.82) is 0 Å². The highest BCUT2D eigenvalue weighted by Crippen LogP contribution is 2.45. The summed E-state index contributed by atoms with van der Waals surface area (Å²) in [5, 5.41) is 0. The molecule has 13 heteroatoms. The maximum absolute atomic E-state index is 13.1. The van der Waals surface area contributed by atoms with Crippen LogP contribution in [0.3, 0.4) is 0 Å². The lowest BCUT2D eigenvalue weighted by molar-refractivity contribution is -0.140. The number of alkyl halides is 3. The number of fused-ring (bicyclic) bond motifs is 1. The van der Waals surface area contributed by atoms with Crippen LogP contribution >= 0.6 is 0 Å². The van der Waals surface area contributed by atoms with Gasteiger partial charge in [-0.15, -0.1) is 0 Å². The van der Waals surface area contributed by atoms with Gasteiger partial charge in [-0.25, -0.2) is 24.9 Å². The van der Waals surface area contributed by atoms with E-state index in [1.54, 1.807) is 35.2 Å². The molecule has 10 nitrogen and oxygen atoms in total. The van der Waals surface area contributed by atoms with Crippen molar-refractivity contribution in [1.82, 2.24) is 39.0 Å². The van der Waals surface area contributed by atoms with Crippen molar-refractivity contribution >= 4 is 11.2 Å². The first-order valence-corrected chi connectivity index (χ1v) is 12.1. The third kappa shape index (κ3) is 4.64. The summed E-state index contributed by atoms with van der Waals surface area (Å²) in [6.07, 6.45) is 1.62. The lowest BCUT2D eigenvalue weighted by Gasteiger charge is -2.13. The number of halogens is 3. The van der Waals surface area contributed by atoms with Crippen LogP contribution in [0.4, 0.5) is 13.2 Å². The smallest absolute Gasteiger partial charge is 0.434 e. The van der Waals surface area contributed by atoms with Crippen LogP contribution in [0.5, 0.6) is 11.8 Å². The van der Waals surface area contributed by atoms with Crippen molar-refractivity contribution < 1.29 is 22.6 Å². The number of methoxy groups -OCH3 is 1. The molecule has 0 radical (unpaired) electrons. The largest absolute Gasteiger partial charge is 0.480 e. The Balaban J connectivity index is 1.31. The Bertz CT molecular complexity index is 1670. The minimum Gasteiger partial charge on any atom is -0.480 e. The van der Waals surface area contributed by atoms with E-state index < -0.39 is 11.9 Å². The molecule has 1 saturated carbocycles. The fourth-order valence-corrected chi connectivity index (χ4v) is 4.42. The van der Waals surface area contributed by atoms with Crippen LogP contribution in [0.2, 0.25) is 0 Å². The molecule has 1 fully saturated rings. The maximum Gasteiger partial charge on any atom is 0.434 e. The number of hydrogen-bond donors (Lipinski definition) is 0. The van der Waals surface area contributed by atoms with Crippen molar-refractivity contribution in [2.24, 2.45) is 14.1 Å².